The fraction of sp³-hybridized carbons (Fsp3) is 0.267. The molecule has 3 nitrogen and oxygen atoms in total. The van der Waals surface area contributed by atoms with Gasteiger partial charge in [-0.05, 0) is 37.1 Å². The molecule has 0 spiro atoms. The van der Waals surface area contributed by atoms with Gasteiger partial charge < -0.3 is 10.6 Å². The highest BCUT2D eigenvalue weighted by atomic mass is 15.2. The number of aryl methyl sites for hydroxylation is 1. The molecule has 0 radical (unpaired) electrons. The minimum Gasteiger partial charge on any atom is -0.398 e. The minimum absolute atomic E-state index is 0.793. The highest BCUT2D eigenvalue weighted by molar-refractivity contribution is 5.51. The van der Waals surface area contributed by atoms with E-state index in [-0.39, 0.29) is 0 Å². The topological polar surface area (TPSA) is 42.1 Å². The minimum atomic E-state index is 0.793. The van der Waals surface area contributed by atoms with E-state index in [1.165, 1.54) is 5.56 Å². The first-order valence-corrected chi connectivity index (χ1v) is 6.22. The molecule has 0 saturated carbocycles. The summed E-state index contributed by atoms with van der Waals surface area (Å²) in [6.07, 6.45) is 1.83. The van der Waals surface area contributed by atoms with Crippen LogP contribution < -0.4 is 10.6 Å². The summed E-state index contributed by atoms with van der Waals surface area (Å²) in [5.41, 5.74) is 9.16. The van der Waals surface area contributed by atoms with E-state index in [1.54, 1.807) is 0 Å². The van der Waals surface area contributed by atoms with Gasteiger partial charge in [0.25, 0.3) is 0 Å². The molecule has 0 aliphatic rings. The molecule has 0 aliphatic heterocycles. The van der Waals surface area contributed by atoms with Gasteiger partial charge >= 0.3 is 0 Å². The summed E-state index contributed by atoms with van der Waals surface area (Å²) < 4.78 is 0. The maximum atomic E-state index is 5.99. The molecule has 0 aliphatic carbocycles. The number of nitrogens with two attached hydrogens (primary N) is 1. The maximum absolute atomic E-state index is 5.99. The van der Waals surface area contributed by atoms with Crippen molar-refractivity contribution in [3.8, 4) is 0 Å². The Balaban J connectivity index is 2.26. The van der Waals surface area contributed by atoms with E-state index in [0.717, 1.165) is 30.2 Å². The molecule has 2 rings (SSSR count). The van der Waals surface area contributed by atoms with Gasteiger partial charge in [-0.2, -0.15) is 0 Å². The lowest BCUT2D eigenvalue weighted by atomic mass is 10.1. The summed E-state index contributed by atoms with van der Waals surface area (Å²) in [5, 5.41) is 0. The Bertz CT molecular complexity index is 523. The monoisotopic (exact) mass is 241 g/mol. The van der Waals surface area contributed by atoms with Crippen LogP contribution in [0.25, 0.3) is 0 Å². The average Bonchev–Trinajstić information content (AvgIpc) is 2.39. The predicted molar refractivity (Wildman–Crippen MR) is 76.6 cm³/mol. The molecule has 0 bridgehead atoms. The van der Waals surface area contributed by atoms with Crippen molar-refractivity contribution in [3.05, 3.63) is 53.7 Å². The van der Waals surface area contributed by atoms with Crippen molar-refractivity contribution in [2.45, 2.75) is 20.4 Å². The number of hydrogen-bond acceptors (Lipinski definition) is 3. The third-order valence-corrected chi connectivity index (χ3v) is 3.08. The third kappa shape index (κ3) is 2.62. The smallest absolute Gasteiger partial charge is 0.131 e. The Kier molecular flexibility index (Phi) is 3.82. The van der Waals surface area contributed by atoms with E-state index in [1.807, 2.05) is 30.5 Å². The lowest BCUT2D eigenvalue weighted by molar-refractivity contribution is 0.810. The molecule has 1 aromatic heterocycles. The van der Waals surface area contributed by atoms with Crippen LogP contribution in [0.3, 0.4) is 0 Å². The van der Waals surface area contributed by atoms with Gasteiger partial charge in [0.2, 0.25) is 0 Å². The predicted octanol–water partition coefficient (Wildman–Crippen LogP) is 3.00. The number of anilines is 2. The normalized spacial score (nSPS) is 10.3. The van der Waals surface area contributed by atoms with Gasteiger partial charge in [-0.15, -0.1) is 0 Å². The Labute approximate surface area is 108 Å². The summed E-state index contributed by atoms with van der Waals surface area (Å²) in [5.74, 6) is 1.03. The van der Waals surface area contributed by atoms with Crippen molar-refractivity contribution in [1.82, 2.24) is 4.98 Å². The molecular formula is C15H19N3. The zero-order chi connectivity index (χ0) is 13.0. The fourth-order valence-electron chi connectivity index (χ4n) is 2.03. The van der Waals surface area contributed by atoms with Crippen LogP contribution >= 0.6 is 0 Å². The van der Waals surface area contributed by atoms with Gasteiger partial charge in [-0.25, -0.2) is 4.98 Å². The van der Waals surface area contributed by atoms with E-state index in [2.05, 4.69) is 35.9 Å². The van der Waals surface area contributed by atoms with Crippen LogP contribution in [0, 0.1) is 6.92 Å². The SMILES string of the molecule is CCN(Cc1ccccc1N)c1ncccc1C. The largest absolute Gasteiger partial charge is 0.398 e. The van der Waals surface area contributed by atoms with Crippen molar-refractivity contribution in [2.75, 3.05) is 17.2 Å². The maximum Gasteiger partial charge on any atom is 0.131 e. The second kappa shape index (κ2) is 5.54. The lowest BCUT2D eigenvalue weighted by Gasteiger charge is -2.24. The van der Waals surface area contributed by atoms with Crippen LogP contribution in [0.5, 0.6) is 0 Å². The molecule has 94 valence electrons. The first-order valence-electron chi connectivity index (χ1n) is 6.22. The molecular weight excluding hydrogens is 222 g/mol. The van der Waals surface area contributed by atoms with Crippen molar-refractivity contribution in [1.29, 1.82) is 0 Å². The number of pyridine rings is 1. The fourth-order valence-corrected chi connectivity index (χ4v) is 2.03. The highest BCUT2D eigenvalue weighted by Crippen LogP contribution is 2.20. The zero-order valence-electron chi connectivity index (χ0n) is 10.9. The summed E-state index contributed by atoms with van der Waals surface area (Å²) in [7, 11) is 0. The van der Waals surface area contributed by atoms with Gasteiger partial charge in [0, 0.05) is 25.0 Å². The number of nitrogen functional groups attached to an aromatic ring is 1. The highest BCUT2D eigenvalue weighted by Gasteiger charge is 2.10. The molecule has 1 heterocycles. The molecule has 0 amide bonds. The number of rotatable bonds is 4. The molecule has 2 aromatic rings. The number of benzene rings is 1. The van der Waals surface area contributed by atoms with Gasteiger partial charge in [-0.3, -0.25) is 0 Å². The number of para-hydroxylation sites is 1. The van der Waals surface area contributed by atoms with Gasteiger partial charge in [-0.1, -0.05) is 24.3 Å². The number of nitrogens with zero attached hydrogens (tertiary/aromatic N) is 2. The Morgan fingerprint density at radius 3 is 2.61 bits per heavy atom. The molecule has 0 atom stereocenters. The lowest BCUT2D eigenvalue weighted by Crippen LogP contribution is -2.24. The van der Waals surface area contributed by atoms with Crippen LogP contribution in [0.4, 0.5) is 11.5 Å². The number of aromatic nitrogens is 1. The summed E-state index contributed by atoms with van der Waals surface area (Å²) in [4.78, 5) is 6.70. The first-order chi connectivity index (χ1) is 8.72. The Morgan fingerprint density at radius 2 is 1.94 bits per heavy atom. The molecule has 2 N–H and O–H groups in total. The first kappa shape index (κ1) is 12.4. The molecule has 1 aromatic carbocycles. The molecule has 3 heteroatoms. The molecule has 0 fully saturated rings. The van der Waals surface area contributed by atoms with Crippen LogP contribution in [0.2, 0.25) is 0 Å². The zero-order valence-corrected chi connectivity index (χ0v) is 10.9. The average molecular weight is 241 g/mol. The molecule has 0 unspecified atom stereocenters. The number of hydrogen-bond donors (Lipinski definition) is 1. The van der Waals surface area contributed by atoms with Gasteiger partial charge in [0.15, 0.2) is 0 Å². The standard InChI is InChI=1S/C15H19N3/c1-3-18(15-12(2)7-6-10-17-15)11-13-8-4-5-9-14(13)16/h4-10H,3,11,16H2,1-2H3. The van der Waals surface area contributed by atoms with Crippen molar-refractivity contribution < 1.29 is 0 Å². The third-order valence-electron chi connectivity index (χ3n) is 3.08. The van der Waals surface area contributed by atoms with Crippen LogP contribution in [-0.2, 0) is 6.54 Å². The quantitative estimate of drug-likeness (QED) is 0.837. The summed E-state index contributed by atoms with van der Waals surface area (Å²) in [6, 6.07) is 12.0. The van der Waals surface area contributed by atoms with Crippen molar-refractivity contribution in [3.63, 3.8) is 0 Å². The molecule has 0 saturated heterocycles. The van der Waals surface area contributed by atoms with E-state index < -0.39 is 0 Å². The van der Waals surface area contributed by atoms with Crippen LogP contribution in [0.15, 0.2) is 42.6 Å². The second-order valence-corrected chi connectivity index (χ2v) is 4.36. The van der Waals surface area contributed by atoms with Crippen molar-refractivity contribution >= 4 is 11.5 Å². The van der Waals surface area contributed by atoms with Gasteiger partial charge in [0.05, 0.1) is 0 Å². The van der Waals surface area contributed by atoms with E-state index in [9.17, 15) is 0 Å². The van der Waals surface area contributed by atoms with Gasteiger partial charge in [0.1, 0.15) is 5.82 Å². The van der Waals surface area contributed by atoms with E-state index in [4.69, 9.17) is 5.73 Å². The Morgan fingerprint density at radius 1 is 1.17 bits per heavy atom. The summed E-state index contributed by atoms with van der Waals surface area (Å²) >= 11 is 0. The van der Waals surface area contributed by atoms with Crippen molar-refractivity contribution in [2.24, 2.45) is 0 Å². The van der Waals surface area contributed by atoms with E-state index >= 15 is 0 Å². The second-order valence-electron chi connectivity index (χ2n) is 4.36. The Hall–Kier alpha value is -2.03. The van der Waals surface area contributed by atoms with Crippen LogP contribution in [0.1, 0.15) is 18.1 Å². The van der Waals surface area contributed by atoms with E-state index in [0.29, 0.717) is 0 Å². The summed E-state index contributed by atoms with van der Waals surface area (Å²) in [6.45, 7) is 5.92. The van der Waals surface area contributed by atoms with Crippen LogP contribution in [-0.4, -0.2) is 11.5 Å². The molecule has 18 heavy (non-hydrogen) atoms.